The second-order valence-corrected chi connectivity index (χ2v) is 5.90. The monoisotopic (exact) mass is 269 g/mol. The normalized spacial score (nSPS) is 12.9. The van der Waals surface area contributed by atoms with Crippen LogP contribution < -0.4 is 5.32 Å². The van der Waals surface area contributed by atoms with E-state index in [2.05, 4.69) is 5.32 Å². The average molecular weight is 269 g/mol. The molecule has 1 amide bonds. The summed E-state index contributed by atoms with van der Waals surface area (Å²) in [5.74, 6) is -0.0710. The fraction of sp³-hybridized carbons (Fsp3) is 0.538. The Kier molecular flexibility index (Phi) is 4.90. The maximum Gasteiger partial charge on any atom is 0.408 e. The van der Waals surface area contributed by atoms with Gasteiger partial charge < -0.3 is 10.1 Å². The van der Waals surface area contributed by atoms with E-state index in [9.17, 15) is 9.59 Å². The second-order valence-electron chi connectivity index (χ2n) is 4.95. The maximum absolute atomic E-state index is 12.1. The number of Topliss-reactive ketones (excluding diaryl/α,β-unsaturated/α-hetero) is 1. The maximum atomic E-state index is 12.1. The van der Waals surface area contributed by atoms with Crippen LogP contribution >= 0.6 is 11.3 Å². The van der Waals surface area contributed by atoms with Crippen molar-refractivity contribution in [2.45, 2.75) is 45.8 Å². The Bertz CT molecular complexity index is 406. The molecule has 100 valence electrons. The zero-order chi connectivity index (χ0) is 13.8. The Balaban J connectivity index is 2.63. The lowest BCUT2D eigenvalue weighted by Crippen LogP contribution is -2.42. The largest absolute Gasteiger partial charge is 0.444 e. The number of rotatable bonds is 4. The number of thiophene rings is 1. The Morgan fingerprint density at radius 2 is 2.11 bits per heavy atom. The van der Waals surface area contributed by atoms with Crippen LogP contribution in [0.4, 0.5) is 4.79 Å². The first kappa shape index (κ1) is 14.7. The third-order valence-electron chi connectivity index (χ3n) is 2.18. The molecule has 0 bridgehead atoms. The van der Waals surface area contributed by atoms with Gasteiger partial charge in [-0.05, 0) is 38.6 Å². The molecule has 1 heterocycles. The van der Waals surface area contributed by atoms with Crippen molar-refractivity contribution in [3.05, 3.63) is 22.4 Å². The molecule has 1 aromatic rings. The van der Waals surface area contributed by atoms with E-state index in [1.165, 1.54) is 11.3 Å². The van der Waals surface area contributed by atoms with Gasteiger partial charge in [-0.15, -0.1) is 11.3 Å². The predicted molar refractivity (Wildman–Crippen MR) is 72.1 cm³/mol. The van der Waals surface area contributed by atoms with Gasteiger partial charge in [0.05, 0.1) is 10.9 Å². The van der Waals surface area contributed by atoms with E-state index >= 15 is 0 Å². The van der Waals surface area contributed by atoms with Crippen LogP contribution in [-0.2, 0) is 4.74 Å². The van der Waals surface area contributed by atoms with Crippen LogP contribution in [0.15, 0.2) is 17.5 Å². The zero-order valence-corrected chi connectivity index (χ0v) is 12.0. The Hall–Kier alpha value is -1.36. The highest BCUT2D eigenvalue weighted by molar-refractivity contribution is 7.12. The molecule has 0 aliphatic rings. The summed E-state index contributed by atoms with van der Waals surface area (Å²) >= 11 is 1.37. The van der Waals surface area contributed by atoms with Crippen LogP contribution in [0.3, 0.4) is 0 Å². The summed E-state index contributed by atoms with van der Waals surface area (Å²) < 4.78 is 5.14. The van der Waals surface area contributed by atoms with Gasteiger partial charge in [0.15, 0.2) is 5.78 Å². The molecule has 1 atom stereocenters. The molecular weight excluding hydrogens is 250 g/mol. The second kappa shape index (κ2) is 6.00. The van der Waals surface area contributed by atoms with Crippen molar-refractivity contribution >= 4 is 23.2 Å². The summed E-state index contributed by atoms with van der Waals surface area (Å²) in [7, 11) is 0. The highest BCUT2D eigenvalue weighted by atomic mass is 32.1. The number of hydrogen-bond acceptors (Lipinski definition) is 4. The molecule has 0 spiro atoms. The molecule has 5 heteroatoms. The van der Waals surface area contributed by atoms with E-state index in [1.54, 1.807) is 26.8 Å². The van der Waals surface area contributed by atoms with Crippen molar-refractivity contribution in [1.82, 2.24) is 5.32 Å². The minimum absolute atomic E-state index is 0.0710. The van der Waals surface area contributed by atoms with E-state index < -0.39 is 17.7 Å². The number of carbonyl (C=O) groups is 2. The first-order chi connectivity index (χ1) is 8.33. The van der Waals surface area contributed by atoms with Crippen LogP contribution in [0.2, 0.25) is 0 Å². The molecule has 0 aromatic carbocycles. The highest BCUT2D eigenvalue weighted by Crippen LogP contribution is 2.13. The Morgan fingerprint density at radius 1 is 1.44 bits per heavy atom. The van der Waals surface area contributed by atoms with E-state index in [0.717, 1.165) is 0 Å². The summed E-state index contributed by atoms with van der Waals surface area (Å²) in [6, 6.07) is 3.04. The van der Waals surface area contributed by atoms with Gasteiger partial charge in [-0.3, -0.25) is 4.79 Å². The quantitative estimate of drug-likeness (QED) is 0.854. The van der Waals surface area contributed by atoms with Gasteiger partial charge in [-0.25, -0.2) is 4.79 Å². The minimum Gasteiger partial charge on any atom is -0.444 e. The van der Waals surface area contributed by atoms with Crippen LogP contribution in [0.1, 0.15) is 43.8 Å². The van der Waals surface area contributed by atoms with Gasteiger partial charge in [-0.1, -0.05) is 13.0 Å². The number of carbonyl (C=O) groups excluding carboxylic acids is 2. The molecule has 4 nitrogen and oxygen atoms in total. The molecule has 0 aliphatic heterocycles. The van der Waals surface area contributed by atoms with Gasteiger partial charge in [0.25, 0.3) is 0 Å². The van der Waals surface area contributed by atoms with Crippen LogP contribution in [0.5, 0.6) is 0 Å². The van der Waals surface area contributed by atoms with Crippen molar-refractivity contribution < 1.29 is 14.3 Å². The summed E-state index contributed by atoms with van der Waals surface area (Å²) in [6.45, 7) is 7.21. The predicted octanol–water partition coefficient (Wildman–Crippen LogP) is 3.23. The number of hydrogen-bond donors (Lipinski definition) is 1. The number of alkyl carbamates (subject to hydrolysis) is 1. The smallest absolute Gasteiger partial charge is 0.408 e. The van der Waals surface area contributed by atoms with Gasteiger partial charge in [0.1, 0.15) is 5.60 Å². The molecule has 18 heavy (non-hydrogen) atoms. The average Bonchev–Trinajstić information content (AvgIpc) is 2.75. The van der Waals surface area contributed by atoms with Gasteiger partial charge in [0, 0.05) is 0 Å². The minimum atomic E-state index is -0.561. The molecule has 0 unspecified atom stereocenters. The summed E-state index contributed by atoms with van der Waals surface area (Å²) in [6.07, 6.45) is -0.0186. The number of ketones is 1. The number of ether oxygens (including phenoxy) is 1. The molecule has 1 aromatic heterocycles. The fourth-order valence-corrected chi connectivity index (χ4v) is 2.11. The highest BCUT2D eigenvalue weighted by Gasteiger charge is 2.24. The summed E-state index contributed by atoms with van der Waals surface area (Å²) in [5.41, 5.74) is -0.561. The van der Waals surface area contributed by atoms with Crippen molar-refractivity contribution in [2.24, 2.45) is 0 Å². The molecule has 0 radical (unpaired) electrons. The SMILES string of the molecule is CC[C@@H](NC(=O)OC(C)(C)C)C(=O)c1cccs1. The van der Waals surface area contributed by atoms with E-state index in [-0.39, 0.29) is 5.78 Å². The molecule has 0 fully saturated rings. The molecule has 0 saturated carbocycles. The van der Waals surface area contributed by atoms with Crippen molar-refractivity contribution in [1.29, 1.82) is 0 Å². The van der Waals surface area contributed by atoms with Gasteiger partial charge in [0.2, 0.25) is 0 Å². The first-order valence-corrected chi connectivity index (χ1v) is 6.78. The van der Waals surface area contributed by atoms with E-state index in [4.69, 9.17) is 4.74 Å². The van der Waals surface area contributed by atoms with Crippen LogP contribution in [0, 0.1) is 0 Å². The molecule has 0 aliphatic carbocycles. The lowest BCUT2D eigenvalue weighted by atomic mass is 10.1. The first-order valence-electron chi connectivity index (χ1n) is 5.90. The van der Waals surface area contributed by atoms with E-state index in [1.807, 2.05) is 18.4 Å². The van der Waals surface area contributed by atoms with Crippen LogP contribution in [-0.4, -0.2) is 23.5 Å². The molecule has 1 N–H and O–H groups in total. The summed E-state index contributed by atoms with van der Waals surface area (Å²) in [5, 5.41) is 4.45. The van der Waals surface area contributed by atoms with Crippen molar-refractivity contribution in [2.75, 3.05) is 0 Å². The Labute approximate surface area is 111 Å². The van der Waals surface area contributed by atoms with Gasteiger partial charge >= 0.3 is 6.09 Å². The lowest BCUT2D eigenvalue weighted by Gasteiger charge is -2.22. The number of amides is 1. The topological polar surface area (TPSA) is 55.4 Å². The molecule has 0 saturated heterocycles. The third kappa shape index (κ3) is 4.49. The van der Waals surface area contributed by atoms with Crippen molar-refractivity contribution in [3.63, 3.8) is 0 Å². The molecular formula is C13H19NO3S. The van der Waals surface area contributed by atoms with Crippen LogP contribution in [0.25, 0.3) is 0 Å². The Morgan fingerprint density at radius 3 is 2.56 bits per heavy atom. The summed E-state index contributed by atoms with van der Waals surface area (Å²) in [4.78, 5) is 24.3. The van der Waals surface area contributed by atoms with Crippen molar-refractivity contribution in [3.8, 4) is 0 Å². The lowest BCUT2D eigenvalue weighted by molar-refractivity contribution is 0.0490. The van der Waals surface area contributed by atoms with E-state index in [0.29, 0.717) is 11.3 Å². The van der Waals surface area contributed by atoms with Gasteiger partial charge in [-0.2, -0.15) is 0 Å². The number of nitrogens with one attached hydrogen (secondary N) is 1. The third-order valence-corrected chi connectivity index (χ3v) is 3.06. The standard InChI is InChI=1S/C13H19NO3S/c1-5-9(11(15)10-7-6-8-18-10)14-12(16)17-13(2,3)4/h6-9H,5H2,1-4H3,(H,14,16)/t9-/m1/s1. The fourth-order valence-electron chi connectivity index (χ4n) is 1.39. The molecule has 1 rings (SSSR count). The zero-order valence-electron chi connectivity index (χ0n) is 11.1.